The number of piperazine rings is 1. The SMILES string of the molecule is CC(C)(C)OC(=O)N1CCN(c2cccc(-c3cn(Cc4ccc(-c5nnc(C(F)F)o5)cc4F)nn3)c2)CC1. The lowest BCUT2D eigenvalue weighted by atomic mass is 10.1. The second-order valence-electron chi connectivity index (χ2n) is 10.4. The van der Waals surface area contributed by atoms with E-state index in [1.807, 2.05) is 45.0 Å². The van der Waals surface area contributed by atoms with Gasteiger partial charge in [-0.15, -0.1) is 15.3 Å². The van der Waals surface area contributed by atoms with Crippen molar-refractivity contribution < 1.29 is 27.1 Å². The first-order valence-corrected chi connectivity index (χ1v) is 12.7. The van der Waals surface area contributed by atoms with Crippen molar-refractivity contribution >= 4 is 11.8 Å². The zero-order valence-corrected chi connectivity index (χ0v) is 22.2. The number of alkyl halides is 2. The van der Waals surface area contributed by atoms with E-state index >= 15 is 0 Å². The summed E-state index contributed by atoms with van der Waals surface area (Å²) in [5, 5.41) is 15.2. The summed E-state index contributed by atoms with van der Waals surface area (Å²) >= 11 is 0. The Bertz CT molecular complexity index is 1490. The van der Waals surface area contributed by atoms with Gasteiger partial charge in [0, 0.05) is 48.6 Å². The highest BCUT2D eigenvalue weighted by Gasteiger charge is 2.26. The molecule has 0 bridgehead atoms. The number of carbonyl (C=O) groups is 1. The van der Waals surface area contributed by atoms with E-state index in [2.05, 4.69) is 25.4 Å². The maximum atomic E-state index is 14.8. The fourth-order valence-electron chi connectivity index (χ4n) is 4.27. The first-order valence-electron chi connectivity index (χ1n) is 12.7. The summed E-state index contributed by atoms with van der Waals surface area (Å²) < 4.78 is 52.1. The molecule has 1 aliphatic heterocycles. The number of aromatic nitrogens is 5. The van der Waals surface area contributed by atoms with Gasteiger partial charge in [0.25, 0.3) is 5.89 Å². The molecule has 0 unspecified atom stereocenters. The van der Waals surface area contributed by atoms with Crippen molar-refractivity contribution in [1.82, 2.24) is 30.1 Å². The number of ether oxygens (including phenoxy) is 1. The molecule has 0 saturated carbocycles. The molecule has 0 aliphatic carbocycles. The summed E-state index contributed by atoms with van der Waals surface area (Å²) in [5.41, 5.74) is 2.45. The number of hydrogen-bond donors (Lipinski definition) is 0. The van der Waals surface area contributed by atoms with Crippen LogP contribution in [0.25, 0.3) is 22.7 Å². The lowest BCUT2D eigenvalue weighted by molar-refractivity contribution is 0.0240. The summed E-state index contributed by atoms with van der Waals surface area (Å²) in [5.74, 6) is -1.57. The highest BCUT2D eigenvalue weighted by atomic mass is 19.3. The summed E-state index contributed by atoms with van der Waals surface area (Å²) in [6.07, 6.45) is -1.49. The van der Waals surface area contributed by atoms with Crippen molar-refractivity contribution in [2.75, 3.05) is 31.1 Å². The Kier molecular flexibility index (Phi) is 7.46. The molecule has 13 heteroatoms. The van der Waals surface area contributed by atoms with Crippen LogP contribution in [-0.4, -0.2) is 68.0 Å². The zero-order chi connectivity index (χ0) is 28.4. The van der Waals surface area contributed by atoms with Crippen LogP contribution in [0.1, 0.15) is 38.7 Å². The van der Waals surface area contributed by atoms with Crippen molar-refractivity contribution in [2.24, 2.45) is 0 Å². The van der Waals surface area contributed by atoms with Gasteiger partial charge < -0.3 is 19.0 Å². The van der Waals surface area contributed by atoms with Crippen molar-refractivity contribution in [3.63, 3.8) is 0 Å². The van der Waals surface area contributed by atoms with Crippen molar-refractivity contribution in [3.05, 3.63) is 65.9 Å². The van der Waals surface area contributed by atoms with E-state index in [0.29, 0.717) is 37.4 Å². The van der Waals surface area contributed by atoms with E-state index < -0.39 is 23.7 Å². The number of carbonyl (C=O) groups excluding carboxylic acids is 1. The minimum absolute atomic E-state index is 0.109. The Balaban J connectivity index is 1.23. The number of hydrogen-bond acceptors (Lipinski definition) is 8. The topological polar surface area (TPSA) is 102 Å². The van der Waals surface area contributed by atoms with Gasteiger partial charge in [0.2, 0.25) is 5.89 Å². The first kappa shape index (κ1) is 27.2. The van der Waals surface area contributed by atoms with Crippen LogP contribution in [0.5, 0.6) is 0 Å². The molecule has 3 heterocycles. The maximum Gasteiger partial charge on any atom is 0.410 e. The molecule has 210 valence electrons. The third-order valence-corrected chi connectivity index (χ3v) is 6.24. The van der Waals surface area contributed by atoms with Gasteiger partial charge >= 0.3 is 12.5 Å². The highest BCUT2D eigenvalue weighted by Crippen LogP contribution is 2.27. The molecule has 10 nitrogen and oxygen atoms in total. The molecule has 4 aromatic rings. The second-order valence-corrected chi connectivity index (χ2v) is 10.4. The van der Waals surface area contributed by atoms with Crippen molar-refractivity contribution in [2.45, 2.75) is 39.3 Å². The Hall–Kier alpha value is -4.42. The molecule has 0 atom stereocenters. The Morgan fingerprint density at radius 3 is 2.48 bits per heavy atom. The summed E-state index contributed by atoms with van der Waals surface area (Å²) in [6.45, 7) is 8.10. The Morgan fingerprint density at radius 2 is 1.80 bits per heavy atom. The van der Waals surface area contributed by atoms with E-state index in [1.165, 1.54) is 16.8 Å². The van der Waals surface area contributed by atoms with Gasteiger partial charge in [-0.3, -0.25) is 0 Å². The molecule has 0 N–H and O–H groups in total. The molecule has 40 heavy (non-hydrogen) atoms. The smallest absolute Gasteiger partial charge is 0.410 e. The minimum atomic E-state index is -2.90. The van der Waals surface area contributed by atoms with Crippen molar-refractivity contribution in [3.8, 4) is 22.7 Å². The number of halogens is 3. The zero-order valence-electron chi connectivity index (χ0n) is 22.2. The van der Waals surface area contributed by atoms with E-state index in [0.717, 1.165) is 17.3 Å². The van der Waals surface area contributed by atoms with Gasteiger partial charge in [-0.1, -0.05) is 23.4 Å². The number of benzene rings is 2. The van der Waals surface area contributed by atoms with E-state index in [4.69, 9.17) is 9.15 Å². The fourth-order valence-corrected chi connectivity index (χ4v) is 4.27. The van der Waals surface area contributed by atoms with Crippen LogP contribution in [-0.2, 0) is 11.3 Å². The van der Waals surface area contributed by atoms with E-state index in [9.17, 15) is 18.0 Å². The molecule has 1 fully saturated rings. The van der Waals surface area contributed by atoms with Gasteiger partial charge in [-0.05, 0) is 45.0 Å². The third kappa shape index (κ3) is 6.24. The van der Waals surface area contributed by atoms with Gasteiger partial charge in [-0.2, -0.15) is 8.78 Å². The standard InChI is InChI=1S/C27H28F3N7O3/c1-27(2,3)40-26(38)36-11-9-35(10-12-36)20-6-4-5-17(13-20)22-16-37(34-31-22)15-19-8-7-18(14-21(19)28)24-32-33-25(39-24)23(29)30/h4-8,13-14,16,23H,9-12,15H2,1-3H3. The van der Waals surface area contributed by atoms with Crippen LogP contribution in [0.15, 0.2) is 53.1 Å². The molecule has 0 radical (unpaired) electrons. The number of rotatable bonds is 6. The van der Waals surface area contributed by atoms with Gasteiger partial charge in [-0.25, -0.2) is 13.9 Å². The van der Waals surface area contributed by atoms with Gasteiger partial charge in [0.05, 0.1) is 12.7 Å². The maximum absolute atomic E-state index is 14.8. The highest BCUT2D eigenvalue weighted by molar-refractivity contribution is 5.69. The molecule has 5 rings (SSSR count). The van der Waals surface area contributed by atoms with Gasteiger partial charge in [0.1, 0.15) is 17.1 Å². The number of nitrogens with zero attached hydrogens (tertiary/aromatic N) is 7. The normalized spacial score (nSPS) is 14.2. The second kappa shape index (κ2) is 11.0. The monoisotopic (exact) mass is 555 g/mol. The predicted octanol–water partition coefficient (Wildman–Crippen LogP) is 5.18. The van der Waals surface area contributed by atoms with Crippen LogP contribution < -0.4 is 4.90 Å². The van der Waals surface area contributed by atoms with Crippen LogP contribution in [0.2, 0.25) is 0 Å². The average Bonchev–Trinajstić information content (AvgIpc) is 3.60. The van der Waals surface area contributed by atoms with E-state index in [-0.39, 0.29) is 24.1 Å². The first-order chi connectivity index (χ1) is 19.1. The largest absolute Gasteiger partial charge is 0.444 e. The number of anilines is 1. The lowest BCUT2D eigenvalue weighted by Gasteiger charge is -2.36. The molecule has 2 aromatic carbocycles. The van der Waals surface area contributed by atoms with E-state index in [1.54, 1.807) is 11.1 Å². The molecular formula is C27H28F3N7O3. The summed E-state index contributed by atoms with van der Waals surface area (Å²) in [4.78, 5) is 16.3. The van der Waals surface area contributed by atoms with Crippen LogP contribution in [0, 0.1) is 5.82 Å². The minimum Gasteiger partial charge on any atom is -0.444 e. The van der Waals surface area contributed by atoms with Crippen molar-refractivity contribution in [1.29, 1.82) is 0 Å². The van der Waals surface area contributed by atoms with Crippen LogP contribution in [0.4, 0.5) is 23.7 Å². The molecule has 0 spiro atoms. The summed E-state index contributed by atoms with van der Waals surface area (Å²) in [7, 11) is 0. The number of amides is 1. The molecule has 1 amide bonds. The molecular weight excluding hydrogens is 527 g/mol. The predicted molar refractivity (Wildman–Crippen MR) is 139 cm³/mol. The molecule has 2 aromatic heterocycles. The third-order valence-electron chi connectivity index (χ3n) is 6.24. The quantitative estimate of drug-likeness (QED) is 0.321. The lowest BCUT2D eigenvalue weighted by Crippen LogP contribution is -2.50. The fraction of sp³-hybridized carbons (Fsp3) is 0.370. The van der Waals surface area contributed by atoms with Crippen LogP contribution in [0.3, 0.4) is 0 Å². The molecule has 1 saturated heterocycles. The Morgan fingerprint density at radius 1 is 1.02 bits per heavy atom. The van der Waals surface area contributed by atoms with Gasteiger partial charge in [0.15, 0.2) is 0 Å². The molecule has 1 aliphatic rings. The summed E-state index contributed by atoms with van der Waals surface area (Å²) in [6, 6.07) is 12.0. The Labute approximate surface area is 228 Å². The average molecular weight is 556 g/mol. The van der Waals surface area contributed by atoms with Crippen LogP contribution >= 0.6 is 0 Å².